The van der Waals surface area contributed by atoms with Crippen LogP contribution in [0.2, 0.25) is 0 Å². The van der Waals surface area contributed by atoms with Crippen LogP contribution in [0.3, 0.4) is 0 Å². The van der Waals surface area contributed by atoms with Crippen LogP contribution in [-0.2, 0) is 6.61 Å². The number of nitrogens with zero attached hydrogens (tertiary/aromatic N) is 2. The Morgan fingerprint density at radius 2 is 1.87 bits per heavy atom. The number of non-ortho nitro benzene ring substituents is 1. The van der Waals surface area contributed by atoms with Crippen molar-refractivity contribution in [3.63, 3.8) is 0 Å². The summed E-state index contributed by atoms with van der Waals surface area (Å²) in [4.78, 5) is 22.4. The van der Waals surface area contributed by atoms with Crippen LogP contribution >= 0.6 is 0 Å². The molecule has 1 amide bonds. The van der Waals surface area contributed by atoms with Gasteiger partial charge in [0, 0.05) is 23.3 Å². The zero-order valence-corrected chi connectivity index (χ0v) is 17.1. The summed E-state index contributed by atoms with van der Waals surface area (Å²) in [6.45, 7) is 2.36. The Morgan fingerprint density at radius 1 is 1.13 bits per heavy atom. The van der Waals surface area contributed by atoms with E-state index in [9.17, 15) is 14.9 Å². The molecule has 158 valence electrons. The fraction of sp³-hybridized carbons (Fsp3) is 0.130. The minimum atomic E-state index is -0.527. The maximum atomic E-state index is 12.2. The third-order valence-electron chi connectivity index (χ3n) is 4.40. The van der Waals surface area contributed by atoms with E-state index in [-0.39, 0.29) is 11.3 Å². The first-order chi connectivity index (χ1) is 15.0. The molecule has 0 fully saturated rings. The van der Waals surface area contributed by atoms with Gasteiger partial charge in [0.1, 0.15) is 6.61 Å². The summed E-state index contributed by atoms with van der Waals surface area (Å²) in [5.41, 5.74) is 5.34. The molecule has 0 aliphatic heterocycles. The normalized spacial score (nSPS) is 10.6. The summed E-state index contributed by atoms with van der Waals surface area (Å²) in [5.74, 6) is 0.550. The van der Waals surface area contributed by atoms with Crippen molar-refractivity contribution in [3.8, 4) is 11.5 Å². The number of para-hydroxylation sites is 1. The lowest BCUT2D eigenvalue weighted by molar-refractivity contribution is -0.384. The third kappa shape index (κ3) is 5.66. The van der Waals surface area contributed by atoms with Gasteiger partial charge in [0.05, 0.1) is 18.2 Å². The van der Waals surface area contributed by atoms with Crippen molar-refractivity contribution in [2.45, 2.75) is 13.5 Å². The van der Waals surface area contributed by atoms with Crippen molar-refractivity contribution in [3.05, 3.63) is 99.1 Å². The highest BCUT2D eigenvalue weighted by Gasteiger charge is 2.11. The number of carbonyl (C=O) groups is 1. The van der Waals surface area contributed by atoms with Gasteiger partial charge in [-0.25, -0.2) is 5.43 Å². The van der Waals surface area contributed by atoms with Crippen LogP contribution in [0.25, 0.3) is 0 Å². The molecule has 3 aromatic rings. The predicted molar refractivity (Wildman–Crippen MR) is 117 cm³/mol. The molecular formula is C23H21N3O5. The number of amides is 1. The fourth-order valence-corrected chi connectivity index (χ4v) is 2.87. The molecule has 8 heteroatoms. The minimum Gasteiger partial charge on any atom is -0.493 e. The Hall–Kier alpha value is -4.20. The Kier molecular flexibility index (Phi) is 6.95. The lowest BCUT2D eigenvalue weighted by Gasteiger charge is -2.13. The number of carbonyl (C=O) groups excluding carboxylic acids is 1. The first kappa shape index (κ1) is 21.5. The number of nitrogens with one attached hydrogen (secondary N) is 1. The minimum absolute atomic E-state index is 0.0909. The second kappa shape index (κ2) is 10.0. The number of benzene rings is 3. The summed E-state index contributed by atoms with van der Waals surface area (Å²) in [5, 5.41) is 14.7. The maximum Gasteiger partial charge on any atom is 0.271 e. The van der Waals surface area contributed by atoms with Gasteiger partial charge < -0.3 is 9.47 Å². The monoisotopic (exact) mass is 419 g/mol. The second-order valence-corrected chi connectivity index (χ2v) is 6.66. The standard InChI is InChI=1S/C23H21N3O5/c1-16-5-3-6-17(13-16)15-31-22-19(7-4-8-21(22)30-2)14-24-25-23(27)18-9-11-20(12-10-18)26(28)29/h3-14H,15H2,1-2H3,(H,25,27)/b24-14+. The number of aryl methyl sites for hydroxylation is 1. The van der Waals surface area contributed by atoms with E-state index in [0.717, 1.165) is 11.1 Å². The average molecular weight is 419 g/mol. The molecule has 0 aliphatic carbocycles. The molecule has 3 rings (SSSR count). The van der Waals surface area contributed by atoms with Crippen LogP contribution in [-0.4, -0.2) is 24.2 Å². The molecular weight excluding hydrogens is 398 g/mol. The van der Waals surface area contributed by atoms with Crippen LogP contribution in [0.1, 0.15) is 27.0 Å². The van der Waals surface area contributed by atoms with E-state index in [1.165, 1.54) is 30.5 Å². The van der Waals surface area contributed by atoms with Gasteiger partial charge in [-0.15, -0.1) is 0 Å². The molecule has 0 spiro atoms. The van der Waals surface area contributed by atoms with Crippen molar-refractivity contribution < 1.29 is 19.2 Å². The molecule has 0 saturated heterocycles. The van der Waals surface area contributed by atoms with E-state index >= 15 is 0 Å². The number of nitro benzene ring substituents is 1. The predicted octanol–water partition coefficient (Wildman–Crippen LogP) is 4.25. The Balaban J connectivity index is 1.72. The number of hydrogen-bond donors (Lipinski definition) is 1. The molecule has 0 aliphatic rings. The highest BCUT2D eigenvalue weighted by atomic mass is 16.6. The topological polar surface area (TPSA) is 103 Å². The first-order valence-corrected chi connectivity index (χ1v) is 9.41. The number of hydrogen-bond acceptors (Lipinski definition) is 6. The second-order valence-electron chi connectivity index (χ2n) is 6.66. The molecule has 0 saturated carbocycles. The van der Waals surface area contributed by atoms with Crippen LogP contribution in [0, 0.1) is 17.0 Å². The molecule has 3 aromatic carbocycles. The summed E-state index contributed by atoms with van der Waals surface area (Å²) in [6.07, 6.45) is 1.46. The summed E-state index contributed by atoms with van der Waals surface area (Å²) in [6, 6.07) is 18.6. The molecule has 0 bridgehead atoms. The van der Waals surface area contributed by atoms with Gasteiger partial charge in [-0.3, -0.25) is 14.9 Å². The lowest BCUT2D eigenvalue weighted by atomic mass is 10.1. The molecule has 0 atom stereocenters. The fourth-order valence-electron chi connectivity index (χ4n) is 2.87. The maximum absolute atomic E-state index is 12.2. The van der Waals surface area contributed by atoms with Crippen LogP contribution in [0.5, 0.6) is 11.5 Å². The number of rotatable bonds is 8. The summed E-state index contributed by atoms with van der Waals surface area (Å²) < 4.78 is 11.4. The number of nitro groups is 1. The van der Waals surface area contributed by atoms with Crippen molar-refractivity contribution >= 4 is 17.8 Å². The van der Waals surface area contributed by atoms with Gasteiger partial charge in [-0.1, -0.05) is 35.9 Å². The number of methoxy groups -OCH3 is 1. The van der Waals surface area contributed by atoms with Crippen LogP contribution in [0.4, 0.5) is 5.69 Å². The average Bonchev–Trinajstić information content (AvgIpc) is 2.78. The third-order valence-corrected chi connectivity index (χ3v) is 4.40. The molecule has 0 radical (unpaired) electrons. The highest BCUT2D eigenvalue weighted by Crippen LogP contribution is 2.31. The Morgan fingerprint density at radius 3 is 2.55 bits per heavy atom. The zero-order valence-electron chi connectivity index (χ0n) is 17.1. The lowest BCUT2D eigenvalue weighted by Crippen LogP contribution is -2.17. The van der Waals surface area contributed by atoms with E-state index in [2.05, 4.69) is 10.5 Å². The van der Waals surface area contributed by atoms with Gasteiger partial charge in [0.15, 0.2) is 11.5 Å². The first-order valence-electron chi connectivity index (χ1n) is 9.41. The van der Waals surface area contributed by atoms with E-state index in [0.29, 0.717) is 23.7 Å². The van der Waals surface area contributed by atoms with Gasteiger partial charge in [-0.2, -0.15) is 5.10 Å². The smallest absolute Gasteiger partial charge is 0.271 e. The van der Waals surface area contributed by atoms with Crippen molar-refractivity contribution in [1.82, 2.24) is 5.43 Å². The molecule has 31 heavy (non-hydrogen) atoms. The van der Waals surface area contributed by atoms with Crippen molar-refractivity contribution in [1.29, 1.82) is 0 Å². The summed E-state index contributed by atoms with van der Waals surface area (Å²) >= 11 is 0. The van der Waals surface area contributed by atoms with E-state index < -0.39 is 10.8 Å². The number of hydrazone groups is 1. The summed E-state index contributed by atoms with van der Waals surface area (Å²) in [7, 11) is 1.55. The van der Waals surface area contributed by atoms with Gasteiger partial charge in [-0.05, 0) is 36.8 Å². The van der Waals surface area contributed by atoms with E-state index in [1.54, 1.807) is 25.3 Å². The quantitative estimate of drug-likeness (QED) is 0.334. The molecule has 1 N–H and O–H groups in total. The Labute approximate surface area is 179 Å². The van der Waals surface area contributed by atoms with E-state index in [1.807, 2.05) is 31.2 Å². The molecule has 8 nitrogen and oxygen atoms in total. The van der Waals surface area contributed by atoms with Gasteiger partial charge in [0.2, 0.25) is 0 Å². The Bertz CT molecular complexity index is 1110. The zero-order chi connectivity index (χ0) is 22.2. The molecule has 0 heterocycles. The van der Waals surface area contributed by atoms with Gasteiger partial charge in [0.25, 0.3) is 11.6 Å². The largest absolute Gasteiger partial charge is 0.493 e. The van der Waals surface area contributed by atoms with Crippen LogP contribution < -0.4 is 14.9 Å². The van der Waals surface area contributed by atoms with Crippen LogP contribution in [0.15, 0.2) is 71.8 Å². The molecule has 0 unspecified atom stereocenters. The molecule has 0 aromatic heterocycles. The highest BCUT2D eigenvalue weighted by molar-refractivity contribution is 5.95. The van der Waals surface area contributed by atoms with Crippen molar-refractivity contribution in [2.75, 3.05) is 7.11 Å². The number of ether oxygens (including phenoxy) is 2. The van der Waals surface area contributed by atoms with E-state index in [4.69, 9.17) is 9.47 Å². The van der Waals surface area contributed by atoms with Gasteiger partial charge >= 0.3 is 0 Å². The van der Waals surface area contributed by atoms with Crippen molar-refractivity contribution in [2.24, 2.45) is 5.10 Å². The SMILES string of the molecule is COc1cccc(/C=N/NC(=O)c2ccc([N+](=O)[O-])cc2)c1OCc1cccc(C)c1.